The summed E-state index contributed by atoms with van der Waals surface area (Å²) in [6.45, 7) is 2.01. The van der Waals surface area contributed by atoms with Crippen LogP contribution in [0.4, 0.5) is 13.2 Å². The molecule has 2 aromatic carbocycles. The summed E-state index contributed by atoms with van der Waals surface area (Å²) in [5.41, 5.74) is 2.85. The third kappa shape index (κ3) is 3.40. The second-order valence-corrected chi connectivity index (χ2v) is 7.31. The van der Waals surface area contributed by atoms with Crippen LogP contribution in [0.5, 0.6) is 5.75 Å². The van der Waals surface area contributed by atoms with E-state index in [1.807, 2.05) is 35.6 Å². The van der Waals surface area contributed by atoms with Crippen LogP contribution in [-0.4, -0.2) is 21.7 Å². The Kier molecular flexibility index (Phi) is 4.66. The summed E-state index contributed by atoms with van der Waals surface area (Å²) in [5, 5.41) is 10.2. The minimum absolute atomic E-state index is 0.484. The molecule has 0 bridgehead atoms. The molecule has 0 amide bonds. The lowest BCUT2D eigenvalue weighted by Crippen LogP contribution is -2.04. The van der Waals surface area contributed by atoms with Gasteiger partial charge in [-0.25, -0.2) is 0 Å². The Labute approximate surface area is 163 Å². The van der Waals surface area contributed by atoms with E-state index in [0.717, 1.165) is 39.9 Å². The summed E-state index contributed by atoms with van der Waals surface area (Å²) in [6, 6.07) is 13.0. The molecule has 4 rings (SSSR count). The van der Waals surface area contributed by atoms with E-state index in [9.17, 15) is 13.2 Å². The van der Waals surface area contributed by atoms with Crippen LogP contribution in [0.15, 0.2) is 53.7 Å². The molecule has 0 aliphatic carbocycles. The highest BCUT2D eigenvalue weighted by Crippen LogP contribution is 2.32. The third-order valence-electron chi connectivity index (χ3n) is 4.52. The number of halogens is 3. The fourth-order valence-electron chi connectivity index (χ4n) is 3.06. The first kappa shape index (κ1) is 18.6. The van der Waals surface area contributed by atoms with Gasteiger partial charge in [-0.2, -0.15) is 13.2 Å². The number of methoxy groups -OCH3 is 1. The molecular formula is C20H16F3N3OS. The highest BCUT2D eigenvalue weighted by molar-refractivity contribution is 7.98. The quantitative estimate of drug-likeness (QED) is 0.421. The van der Waals surface area contributed by atoms with Crippen molar-refractivity contribution in [3.8, 4) is 5.75 Å². The maximum Gasteiger partial charge on any atom is 0.416 e. The maximum absolute atomic E-state index is 12.7. The predicted octanol–water partition coefficient (Wildman–Crippen LogP) is 5.51. The van der Waals surface area contributed by atoms with E-state index in [4.69, 9.17) is 4.74 Å². The number of pyridine rings is 1. The molecule has 0 saturated carbocycles. The standard InChI is InChI=1S/C20H16F3N3OS/c1-12-9-18-24-25-19(26(18)17-10-15(27-2)7-8-16(12)17)28-11-13-3-5-14(6-4-13)20(21,22)23/h3-10H,11H2,1-2H3. The number of aromatic nitrogens is 3. The molecule has 0 spiro atoms. The van der Waals surface area contributed by atoms with E-state index in [-0.39, 0.29) is 0 Å². The number of hydrogen-bond donors (Lipinski definition) is 0. The van der Waals surface area contributed by atoms with Gasteiger partial charge in [0.05, 0.1) is 18.2 Å². The molecular weight excluding hydrogens is 387 g/mol. The van der Waals surface area contributed by atoms with Crippen LogP contribution in [0.3, 0.4) is 0 Å². The van der Waals surface area contributed by atoms with Crippen LogP contribution in [0.2, 0.25) is 0 Å². The van der Waals surface area contributed by atoms with Gasteiger partial charge in [0.25, 0.3) is 0 Å². The third-order valence-corrected chi connectivity index (χ3v) is 5.52. The van der Waals surface area contributed by atoms with Gasteiger partial charge in [0.2, 0.25) is 0 Å². The Morgan fingerprint density at radius 2 is 1.79 bits per heavy atom. The van der Waals surface area contributed by atoms with Gasteiger partial charge >= 0.3 is 6.18 Å². The number of benzene rings is 2. The monoisotopic (exact) mass is 403 g/mol. The summed E-state index contributed by atoms with van der Waals surface area (Å²) in [4.78, 5) is 0. The zero-order valence-corrected chi connectivity index (χ0v) is 15.9. The average Bonchev–Trinajstić information content (AvgIpc) is 3.08. The maximum atomic E-state index is 12.7. The number of fused-ring (bicyclic) bond motifs is 3. The normalized spacial score (nSPS) is 12.0. The number of rotatable bonds is 4. The van der Waals surface area contributed by atoms with Crippen molar-refractivity contribution in [1.29, 1.82) is 0 Å². The number of hydrogen-bond acceptors (Lipinski definition) is 4. The van der Waals surface area contributed by atoms with Gasteiger partial charge in [-0.3, -0.25) is 4.40 Å². The van der Waals surface area contributed by atoms with Crippen molar-refractivity contribution >= 4 is 28.3 Å². The fraction of sp³-hybridized carbons (Fsp3) is 0.200. The summed E-state index contributed by atoms with van der Waals surface area (Å²) in [7, 11) is 1.61. The number of alkyl halides is 3. The Hall–Kier alpha value is -2.74. The Balaban J connectivity index is 1.68. The van der Waals surface area contributed by atoms with Gasteiger partial charge in [-0.15, -0.1) is 10.2 Å². The predicted molar refractivity (Wildman–Crippen MR) is 103 cm³/mol. The van der Waals surface area contributed by atoms with Gasteiger partial charge in [-0.05, 0) is 48.4 Å². The van der Waals surface area contributed by atoms with Crippen LogP contribution >= 0.6 is 11.8 Å². The Morgan fingerprint density at radius 1 is 1.04 bits per heavy atom. The first-order valence-electron chi connectivity index (χ1n) is 8.48. The van der Waals surface area contributed by atoms with E-state index >= 15 is 0 Å². The Morgan fingerprint density at radius 3 is 2.46 bits per heavy atom. The van der Waals surface area contributed by atoms with Crippen molar-refractivity contribution in [2.24, 2.45) is 0 Å². The zero-order chi connectivity index (χ0) is 19.9. The summed E-state index contributed by atoms with van der Waals surface area (Å²) in [5.74, 6) is 1.21. The van der Waals surface area contributed by atoms with E-state index in [2.05, 4.69) is 10.2 Å². The molecule has 2 heterocycles. The lowest BCUT2D eigenvalue weighted by Gasteiger charge is -2.10. The topological polar surface area (TPSA) is 39.4 Å². The molecule has 28 heavy (non-hydrogen) atoms. The van der Waals surface area contributed by atoms with E-state index in [1.165, 1.54) is 23.9 Å². The number of ether oxygens (including phenoxy) is 1. The van der Waals surface area contributed by atoms with Crippen molar-refractivity contribution in [2.75, 3.05) is 7.11 Å². The van der Waals surface area contributed by atoms with Crippen LogP contribution in [0.1, 0.15) is 16.7 Å². The van der Waals surface area contributed by atoms with Gasteiger partial charge in [0, 0.05) is 17.2 Å². The van der Waals surface area contributed by atoms with Crippen molar-refractivity contribution in [3.63, 3.8) is 0 Å². The van der Waals surface area contributed by atoms with Gasteiger partial charge in [0.15, 0.2) is 10.8 Å². The van der Waals surface area contributed by atoms with E-state index in [1.54, 1.807) is 7.11 Å². The molecule has 0 atom stereocenters. The number of nitrogens with zero attached hydrogens (tertiary/aromatic N) is 3. The molecule has 0 aliphatic heterocycles. The summed E-state index contributed by atoms with van der Waals surface area (Å²) >= 11 is 1.42. The van der Waals surface area contributed by atoms with Crippen LogP contribution in [-0.2, 0) is 11.9 Å². The van der Waals surface area contributed by atoms with Crippen molar-refractivity contribution in [1.82, 2.24) is 14.6 Å². The Bertz CT molecular complexity index is 1150. The number of aryl methyl sites for hydroxylation is 1. The van der Waals surface area contributed by atoms with E-state index < -0.39 is 11.7 Å². The zero-order valence-electron chi connectivity index (χ0n) is 15.1. The summed E-state index contributed by atoms with van der Waals surface area (Å²) in [6.07, 6.45) is -4.33. The largest absolute Gasteiger partial charge is 0.497 e. The molecule has 0 N–H and O–H groups in total. The van der Waals surface area contributed by atoms with Crippen molar-refractivity contribution in [2.45, 2.75) is 24.0 Å². The smallest absolute Gasteiger partial charge is 0.416 e. The average molecular weight is 403 g/mol. The fourth-order valence-corrected chi connectivity index (χ4v) is 3.97. The first-order valence-corrected chi connectivity index (χ1v) is 9.47. The molecule has 0 aliphatic rings. The van der Waals surface area contributed by atoms with Crippen LogP contribution < -0.4 is 4.74 Å². The highest BCUT2D eigenvalue weighted by atomic mass is 32.2. The molecule has 0 saturated heterocycles. The second kappa shape index (κ2) is 7.01. The molecule has 4 aromatic rings. The first-order chi connectivity index (χ1) is 13.4. The molecule has 0 fully saturated rings. The molecule has 0 radical (unpaired) electrons. The second-order valence-electron chi connectivity index (χ2n) is 6.37. The minimum Gasteiger partial charge on any atom is -0.497 e. The highest BCUT2D eigenvalue weighted by Gasteiger charge is 2.29. The molecule has 8 heteroatoms. The molecule has 144 valence electrons. The molecule has 0 unspecified atom stereocenters. The van der Waals surface area contributed by atoms with Gasteiger partial charge < -0.3 is 4.74 Å². The molecule has 4 nitrogen and oxygen atoms in total. The van der Waals surface area contributed by atoms with E-state index in [0.29, 0.717) is 16.6 Å². The van der Waals surface area contributed by atoms with Gasteiger partial charge in [-0.1, -0.05) is 23.9 Å². The van der Waals surface area contributed by atoms with Gasteiger partial charge in [0.1, 0.15) is 5.75 Å². The number of thioether (sulfide) groups is 1. The lowest BCUT2D eigenvalue weighted by atomic mass is 10.1. The van der Waals surface area contributed by atoms with Crippen LogP contribution in [0.25, 0.3) is 16.6 Å². The SMILES string of the molecule is COc1ccc2c(C)cc3nnc(SCc4ccc(C(F)(F)F)cc4)n3c2c1. The lowest BCUT2D eigenvalue weighted by molar-refractivity contribution is -0.137. The minimum atomic E-state index is -4.33. The van der Waals surface area contributed by atoms with Crippen molar-refractivity contribution in [3.05, 3.63) is 65.2 Å². The van der Waals surface area contributed by atoms with Crippen LogP contribution in [0, 0.1) is 6.92 Å². The summed E-state index contributed by atoms with van der Waals surface area (Å²) < 4.78 is 45.4. The molecule has 2 aromatic heterocycles. The van der Waals surface area contributed by atoms with Crippen molar-refractivity contribution < 1.29 is 17.9 Å².